The van der Waals surface area contributed by atoms with Gasteiger partial charge in [0, 0.05) is 40.8 Å². The predicted octanol–water partition coefficient (Wildman–Crippen LogP) is 2.89. The fourth-order valence-electron chi connectivity index (χ4n) is 1.95. The van der Waals surface area contributed by atoms with Crippen LogP contribution in [0.1, 0.15) is 4.88 Å². The summed E-state index contributed by atoms with van der Waals surface area (Å²) >= 11 is 1.38. The van der Waals surface area contributed by atoms with Crippen LogP contribution in [0.25, 0.3) is 21.8 Å². The average Bonchev–Trinajstić information content (AvgIpc) is 2.92. The van der Waals surface area contributed by atoms with E-state index in [2.05, 4.69) is 15.0 Å². The summed E-state index contributed by atoms with van der Waals surface area (Å²) in [5, 5.41) is 9.83. The Labute approximate surface area is 125 Å². The normalized spacial score (nSPS) is 10.5. The van der Waals surface area contributed by atoms with Gasteiger partial charge in [-0.15, -0.1) is 11.3 Å². The molecule has 0 amide bonds. The second-order valence-corrected chi connectivity index (χ2v) is 5.43. The molecule has 0 saturated carbocycles. The van der Waals surface area contributed by atoms with Crippen LogP contribution in [-0.2, 0) is 11.2 Å². The highest BCUT2D eigenvalue weighted by molar-refractivity contribution is 7.15. The highest BCUT2D eigenvalue weighted by Gasteiger charge is 2.16. The van der Waals surface area contributed by atoms with E-state index in [9.17, 15) is 4.79 Å². The number of aliphatic carboxylic acids is 1. The lowest BCUT2D eigenvalue weighted by Crippen LogP contribution is -1.99. The molecule has 0 bridgehead atoms. The number of thiazole rings is 1. The van der Waals surface area contributed by atoms with Crippen molar-refractivity contribution in [3.63, 3.8) is 0 Å². The van der Waals surface area contributed by atoms with Crippen LogP contribution < -0.4 is 0 Å². The molecule has 0 atom stereocenters. The second kappa shape index (κ2) is 5.80. The smallest absolute Gasteiger partial charge is 0.308 e. The van der Waals surface area contributed by atoms with Gasteiger partial charge in [0.05, 0.1) is 12.1 Å². The van der Waals surface area contributed by atoms with Crippen molar-refractivity contribution in [2.45, 2.75) is 6.42 Å². The molecular weight excluding hydrogens is 286 g/mol. The molecule has 104 valence electrons. The topological polar surface area (TPSA) is 76.0 Å². The molecule has 0 aliphatic heterocycles. The van der Waals surface area contributed by atoms with Crippen LogP contribution in [-0.4, -0.2) is 26.0 Å². The molecule has 0 unspecified atom stereocenters. The van der Waals surface area contributed by atoms with Gasteiger partial charge in [-0.25, -0.2) is 4.98 Å². The fraction of sp³-hybridized carbons (Fsp3) is 0.0667. The van der Waals surface area contributed by atoms with Gasteiger partial charge in [0.25, 0.3) is 0 Å². The van der Waals surface area contributed by atoms with E-state index in [4.69, 9.17) is 5.11 Å². The zero-order valence-electron chi connectivity index (χ0n) is 10.9. The fourth-order valence-corrected chi connectivity index (χ4v) is 3.01. The van der Waals surface area contributed by atoms with Crippen molar-refractivity contribution in [2.75, 3.05) is 0 Å². The summed E-state index contributed by atoms with van der Waals surface area (Å²) in [6.45, 7) is 0. The maximum atomic E-state index is 11.0. The molecule has 5 nitrogen and oxygen atoms in total. The molecule has 1 N–H and O–H groups in total. The molecule has 3 heterocycles. The molecule has 0 radical (unpaired) electrons. The minimum Gasteiger partial charge on any atom is -0.481 e. The number of aromatic nitrogens is 3. The first-order valence-electron chi connectivity index (χ1n) is 6.26. The first-order chi connectivity index (χ1) is 10.2. The number of hydrogen-bond acceptors (Lipinski definition) is 5. The Bertz CT molecular complexity index is 757. The van der Waals surface area contributed by atoms with Gasteiger partial charge in [0.15, 0.2) is 0 Å². The Morgan fingerprint density at radius 1 is 1.10 bits per heavy atom. The monoisotopic (exact) mass is 297 g/mol. The van der Waals surface area contributed by atoms with Gasteiger partial charge in [-0.2, -0.15) is 0 Å². The van der Waals surface area contributed by atoms with E-state index in [1.54, 1.807) is 24.8 Å². The maximum Gasteiger partial charge on any atom is 0.308 e. The van der Waals surface area contributed by atoms with Gasteiger partial charge >= 0.3 is 5.97 Å². The van der Waals surface area contributed by atoms with Crippen LogP contribution in [0.2, 0.25) is 0 Å². The maximum absolute atomic E-state index is 11.0. The van der Waals surface area contributed by atoms with E-state index in [1.807, 2.05) is 24.3 Å². The zero-order valence-corrected chi connectivity index (χ0v) is 11.7. The molecule has 0 fully saturated rings. The second-order valence-electron chi connectivity index (χ2n) is 4.34. The number of carbonyl (C=O) groups is 1. The lowest BCUT2D eigenvalue weighted by Gasteiger charge is -1.98. The Balaban J connectivity index is 2.10. The van der Waals surface area contributed by atoms with E-state index >= 15 is 0 Å². The Morgan fingerprint density at radius 3 is 2.33 bits per heavy atom. The molecule has 0 aliphatic rings. The molecule has 0 aliphatic carbocycles. The highest BCUT2D eigenvalue weighted by atomic mass is 32.1. The molecule has 21 heavy (non-hydrogen) atoms. The van der Waals surface area contributed by atoms with E-state index in [1.165, 1.54) is 11.3 Å². The molecule has 0 aromatic carbocycles. The summed E-state index contributed by atoms with van der Waals surface area (Å²) in [4.78, 5) is 24.5. The minimum absolute atomic E-state index is 0.0534. The lowest BCUT2D eigenvalue weighted by atomic mass is 10.1. The van der Waals surface area contributed by atoms with Crippen LogP contribution in [0.3, 0.4) is 0 Å². The third kappa shape index (κ3) is 2.95. The average molecular weight is 297 g/mol. The molecule has 3 aromatic heterocycles. The van der Waals surface area contributed by atoms with Crippen molar-refractivity contribution in [2.24, 2.45) is 0 Å². The third-order valence-electron chi connectivity index (χ3n) is 2.85. The Morgan fingerprint density at radius 2 is 1.76 bits per heavy atom. The highest BCUT2D eigenvalue weighted by Crippen LogP contribution is 2.33. The summed E-state index contributed by atoms with van der Waals surface area (Å²) in [7, 11) is 0. The summed E-state index contributed by atoms with van der Waals surface area (Å²) in [5.74, 6) is -0.874. The first-order valence-corrected chi connectivity index (χ1v) is 7.08. The van der Waals surface area contributed by atoms with Crippen molar-refractivity contribution in [1.29, 1.82) is 0 Å². The van der Waals surface area contributed by atoms with Crippen molar-refractivity contribution in [3.05, 3.63) is 53.9 Å². The van der Waals surface area contributed by atoms with Gasteiger partial charge in [0.2, 0.25) is 0 Å². The standard InChI is InChI=1S/C15H11N3O2S/c19-13(20)7-12-14(10-3-1-5-16-8-10)18-15(21-12)11-4-2-6-17-9-11/h1-6,8-9H,7H2,(H,19,20). The summed E-state index contributed by atoms with van der Waals surface area (Å²) < 4.78 is 0. The minimum atomic E-state index is -0.874. The molecule has 6 heteroatoms. The number of pyridine rings is 2. The Kier molecular flexibility index (Phi) is 3.70. The number of nitrogens with zero attached hydrogens (tertiary/aromatic N) is 3. The van der Waals surface area contributed by atoms with Crippen molar-refractivity contribution < 1.29 is 9.90 Å². The van der Waals surface area contributed by atoms with Gasteiger partial charge in [0.1, 0.15) is 5.01 Å². The first kappa shape index (κ1) is 13.4. The Hall–Kier alpha value is -2.60. The number of rotatable bonds is 4. The van der Waals surface area contributed by atoms with E-state index in [0.717, 1.165) is 16.1 Å². The quantitative estimate of drug-likeness (QED) is 0.801. The number of carboxylic acid groups (broad SMARTS) is 1. The van der Waals surface area contributed by atoms with Crippen LogP contribution in [0.5, 0.6) is 0 Å². The predicted molar refractivity (Wildman–Crippen MR) is 79.9 cm³/mol. The summed E-state index contributed by atoms with van der Waals surface area (Å²) in [6.07, 6.45) is 6.72. The van der Waals surface area contributed by atoms with Gasteiger partial charge in [-0.3, -0.25) is 14.8 Å². The largest absolute Gasteiger partial charge is 0.481 e. The summed E-state index contributed by atoms with van der Waals surface area (Å²) in [6, 6.07) is 7.42. The van der Waals surface area contributed by atoms with Crippen molar-refractivity contribution >= 4 is 17.3 Å². The van der Waals surface area contributed by atoms with Gasteiger partial charge in [-0.05, 0) is 24.3 Å². The number of hydrogen-bond donors (Lipinski definition) is 1. The van der Waals surface area contributed by atoms with Crippen LogP contribution in [0, 0.1) is 0 Å². The van der Waals surface area contributed by atoms with Crippen LogP contribution in [0.15, 0.2) is 49.1 Å². The number of carboxylic acids is 1. The van der Waals surface area contributed by atoms with E-state index in [-0.39, 0.29) is 6.42 Å². The SMILES string of the molecule is O=C(O)Cc1sc(-c2cccnc2)nc1-c1cccnc1. The van der Waals surface area contributed by atoms with Crippen LogP contribution >= 0.6 is 11.3 Å². The van der Waals surface area contributed by atoms with Gasteiger partial charge in [-0.1, -0.05) is 0 Å². The third-order valence-corrected chi connectivity index (χ3v) is 3.96. The molecular formula is C15H11N3O2S. The summed E-state index contributed by atoms with van der Waals surface area (Å²) in [5.41, 5.74) is 2.37. The van der Waals surface area contributed by atoms with E-state index in [0.29, 0.717) is 10.6 Å². The van der Waals surface area contributed by atoms with Crippen molar-refractivity contribution in [1.82, 2.24) is 15.0 Å². The molecule has 0 spiro atoms. The molecule has 3 aromatic rings. The molecule has 0 saturated heterocycles. The van der Waals surface area contributed by atoms with Crippen LogP contribution in [0.4, 0.5) is 0 Å². The zero-order chi connectivity index (χ0) is 14.7. The van der Waals surface area contributed by atoms with Crippen molar-refractivity contribution in [3.8, 4) is 21.8 Å². The van der Waals surface area contributed by atoms with Gasteiger partial charge < -0.3 is 5.11 Å². The lowest BCUT2D eigenvalue weighted by molar-refractivity contribution is -0.136. The van der Waals surface area contributed by atoms with E-state index < -0.39 is 5.97 Å². The molecule has 3 rings (SSSR count).